The van der Waals surface area contributed by atoms with Gasteiger partial charge in [-0.1, -0.05) is 29.8 Å². The number of morpholine rings is 1. The molecule has 1 aliphatic heterocycles. The Balaban J connectivity index is 1.85. The average molecular weight is 379 g/mol. The van der Waals surface area contributed by atoms with Gasteiger partial charge in [-0.3, -0.25) is 9.59 Å². The number of carboxylic acids is 1. The van der Waals surface area contributed by atoms with Crippen LogP contribution in [0, 0.1) is 0 Å². The lowest BCUT2D eigenvalue weighted by atomic mass is 10.1. The van der Waals surface area contributed by atoms with E-state index in [0.29, 0.717) is 30.3 Å². The first kappa shape index (κ1) is 18.3. The molecule has 9 heteroatoms. The van der Waals surface area contributed by atoms with Crippen molar-refractivity contribution < 1.29 is 19.4 Å². The summed E-state index contributed by atoms with van der Waals surface area (Å²) in [5.74, 6) is -1.22. The number of rotatable bonds is 5. The molecule has 0 saturated carbocycles. The summed E-state index contributed by atoms with van der Waals surface area (Å²) in [6, 6.07) is 7.15. The molecular formula is C17H19ClN4O4. The summed E-state index contributed by atoms with van der Waals surface area (Å²) < 4.78 is 7.02. The van der Waals surface area contributed by atoms with Crippen molar-refractivity contribution in [3.05, 3.63) is 40.7 Å². The number of carboxylic acid groups (broad SMARTS) is 1. The number of aliphatic carboxylic acids is 1. The zero-order valence-electron chi connectivity index (χ0n) is 14.3. The van der Waals surface area contributed by atoms with Crippen LogP contribution in [0.15, 0.2) is 24.3 Å². The molecule has 0 bridgehead atoms. The van der Waals surface area contributed by atoms with E-state index in [0.717, 1.165) is 5.69 Å². The van der Waals surface area contributed by atoms with E-state index >= 15 is 0 Å². The Morgan fingerprint density at radius 3 is 2.92 bits per heavy atom. The van der Waals surface area contributed by atoms with Crippen LogP contribution in [0.2, 0.25) is 5.02 Å². The third-order valence-corrected chi connectivity index (χ3v) is 4.42. The standard InChI is InChI=1S/C17H19ClN4O4/c1-2-14-16(19-20-22(14)12-5-3-4-11(18)8-12)17(25)21-6-7-26-13(10-21)9-15(23)24/h3-5,8,13H,2,6-7,9-10H2,1H3,(H,23,24)/t13-/m1/s1. The van der Waals surface area contributed by atoms with Crippen molar-refractivity contribution in [3.8, 4) is 5.69 Å². The Bertz CT molecular complexity index is 823. The van der Waals surface area contributed by atoms with Gasteiger partial charge in [-0.15, -0.1) is 5.10 Å². The van der Waals surface area contributed by atoms with Crippen molar-refractivity contribution >= 4 is 23.5 Å². The van der Waals surface area contributed by atoms with Crippen LogP contribution >= 0.6 is 11.6 Å². The topological polar surface area (TPSA) is 97.6 Å². The quantitative estimate of drug-likeness (QED) is 0.852. The second-order valence-electron chi connectivity index (χ2n) is 5.97. The summed E-state index contributed by atoms with van der Waals surface area (Å²) in [4.78, 5) is 25.4. The van der Waals surface area contributed by atoms with E-state index in [1.165, 1.54) is 0 Å². The number of benzene rings is 1. The molecule has 3 rings (SSSR count). The van der Waals surface area contributed by atoms with E-state index in [4.69, 9.17) is 21.4 Å². The maximum Gasteiger partial charge on any atom is 0.306 e. The lowest BCUT2D eigenvalue weighted by Crippen LogP contribution is -2.46. The zero-order chi connectivity index (χ0) is 18.7. The monoisotopic (exact) mass is 378 g/mol. The van der Waals surface area contributed by atoms with Crippen LogP contribution in [0.1, 0.15) is 29.5 Å². The summed E-state index contributed by atoms with van der Waals surface area (Å²) in [5, 5.41) is 17.7. The van der Waals surface area contributed by atoms with Gasteiger partial charge in [0.2, 0.25) is 0 Å². The third kappa shape index (κ3) is 3.86. The minimum absolute atomic E-state index is 0.139. The van der Waals surface area contributed by atoms with E-state index in [1.807, 2.05) is 13.0 Å². The Kier molecular flexibility index (Phi) is 5.53. The lowest BCUT2D eigenvalue weighted by molar-refractivity contribution is -0.141. The predicted octanol–water partition coefficient (Wildman–Crippen LogP) is 1.80. The molecule has 0 unspecified atom stereocenters. The van der Waals surface area contributed by atoms with Gasteiger partial charge in [0.15, 0.2) is 5.69 Å². The van der Waals surface area contributed by atoms with Gasteiger partial charge >= 0.3 is 5.97 Å². The zero-order valence-corrected chi connectivity index (χ0v) is 15.0. The molecule has 2 aromatic rings. The molecule has 1 saturated heterocycles. The molecule has 0 radical (unpaired) electrons. The Morgan fingerprint density at radius 2 is 2.23 bits per heavy atom. The molecule has 8 nitrogen and oxygen atoms in total. The van der Waals surface area contributed by atoms with Crippen molar-refractivity contribution in [1.82, 2.24) is 19.9 Å². The first-order chi connectivity index (χ1) is 12.5. The molecule has 0 aliphatic carbocycles. The maximum absolute atomic E-state index is 12.9. The minimum Gasteiger partial charge on any atom is -0.481 e. The fourth-order valence-electron chi connectivity index (χ4n) is 2.97. The lowest BCUT2D eigenvalue weighted by Gasteiger charge is -2.32. The van der Waals surface area contributed by atoms with Crippen molar-refractivity contribution in [3.63, 3.8) is 0 Å². The fourth-order valence-corrected chi connectivity index (χ4v) is 3.16. The highest BCUT2D eigenvalue weighted by atomic mass is 35.5. The van der Waals surface area contributed by atoms with Crippen LogP contribution in [0.4, 0.5) is 0 Å². The molecule has 1 fully saturated rings. The number of amides is 1. The Morgan fingerprint density at radius 1 is 1.42 bits per heavy atom. The Hall–Kier alpha value is -2.45. The number of aromatic nitrogens is 3. The molecule has 1 aromatic carbocycles. The normalized spacial score (nSPS) is 17.3. The van der Waals surface area contributed by atoms with Gasteiger partial charge in [0.05, 0.1) is 30.5 Å². The van der Waals surface area contributed by atoms with Crippen LogP contribution in [0.5, 0.6) is 0 Å². The number of ether oxygens (including phenoxy) is 1. The largest absolute Gasteiger partial charge is 0.481 e. The van der Waals surface area contributed by atoms with E-state index in [2.05, 4.69) is 10.3 Å². The predicted molar refractivity (Wildman–Crippen MR) is 93.6 cm³/mol. The molecule has 0 spiro atoms. The number of carbonyl (C=O) groups is 2. The average Bonchev–Trinajstić information content (AvgIpc) is 3.04. The summed E-state index contributed by atoms with van der Waals surface area (Å²) in [7, 11) is 0. The van der Waals surface area contributed by atoms with Crippen molar-refractivity contribution in [1.29, 1.82) is 0 Å². The summed E-state index contributed by atoms with van der Waals surface area (Å²) in [5.41, 5.74) is 1.67. The first-order valence-corrected chi connectivity index (χ1v) is 8.70. The highest BCUT2D eigenvalue weighted by Crippen LogP contribution is 2.20. The van der Waals surface area contributed by atoms with Gasteiger partial charge in [0.1, 0.15) is 0 Å². The number of hydrogen-bond donors (Lipinski definition) is 1. The van der Waals surface area contributed by atoms with Crippen molar-refractivity contribution in [2.45, 2.75) is 25.9 Å². The smallest absolute Gasteiger partial charge is 0.306 e. The number of nitrogens with zero attached hydrogens (tertiary/aromatic N) is 4. The van der Waals surface area contributed by atoms with Gasteiger partial charge in [-0.25, -0.2) is 4.68 Å². The first-order valence-electron chi connectivity index (χ1n) is 8.32. The van der Waals surface area contributed by atoms with E-state index in [9.17, 15) is 9.59 Å². The maximum atomic E-state index is 12.9. The molecule has 1 amide bonds. The second-order valence-corrected chi connectivity index (χ2v) is 6.41. The van der Waals surface area contributed by atoms with E-state index in [-0.39, 0.29) is 24.6 Å². The number of halogens is 1. The van der Waals surface area contributed by atoms with Crippen LogP contribution in [-0.4, -0.2) is 62.7 Å². The fraction of sp³-hybridized carbons (Fsp3) is 0.412. The van der Waals surface area contributed by atoms with Crippen molar-refractivity contribution in [2.24, 2.45) is 0 Å². The molecule has 138 valence electrons. The van der Waals surface area contributed by atoms with Crippen molar-refractivity contribution in [2.75, 3.05) is 19.7 Å². The molecule has 1 aromatic heterocycles. The van der Waals surface area contributed by atoms with Gasteiger partial charge in [0, 0.05) is 18.1 Å². The summed E-state index contributed by atoms with van der Waals surface area (Å²) in [6.07, 6.45) is -0.0958. The third-order valence-electron chi connectivity index (χ3n) is 4.18. The van der Waals surface area contributed by atoms with Crippen LogP contribution in [-0.2, 0) is 16.0 Å². The highest BCUT2D eigenvalue weighted by molar-refractivity contribution is 6.30. The van der Waals surface area contributed by atoms with Gasteiger partial charge in [0.25, 0.3) is 5.91 Å². The Labute approximate surface area is 155 Å². The molecule has 2 heterocycles. The highest BCUT2D eigenvalue weighted by Gasteiger charge is 2.30. The summed E-state index contributed by atoms with van der Waals surface area (Å²) in [6.45, 7) is 2.83. The second kappa shape index (κ2) is 7.84. The van der Waals surface area contributed by atoms with Crippen LogP contribution in [0.25, 0.3) is 5.69 Å². The van der Waals surface area contributed by atoms with E-state index < -0.39 is 12.1 Å². The molecule has 1 atom stereocenters. The number of carbonyl (C=O) groups excluding carboxylic acids is 1. The molecule has 26 heavy (non-hydrogen) atoms. The van der Waals surface area contributed by atoms with E-state index in [1.54, 1.807) is 27.8 Å². The molecular weight excluding hydrogens is 360 g/mol. The van der Waals surface area contributed by atoms with Crippen LogP contribution in [0.3, 0.4) is 0 Å². The summed E-state index contributed by atoms with van der Waals surface area (Å²) >= 11 is 6.04. The minimum atomic E-state index is -0.953. The number of hydrogen-bond acceptors (Lipinski definition) is 5. The van der Waals surface area contributed by atoms with Gasteiger partial charge in [-0.05, 0) is 24.6 Å². The molecule has 1 aliphatic rings. The van der Waals surface area contributed by atoms with Crippen LogP contribution < -0.4 is 0 Å². The van der Waals surface area contributed by atoms with Gasteiger partial charge in [-0.2, -0.15) is 0 Å². The SMILES string of the molecule is CCc1c(C(=O)N2CCO[C@H](CC(=O)O)C2)nnn1-c1cccc(Cl)c1. The molecule has 1 N–H and O–H groups in total. The van der Waals surface area contributed by atoms with Gasteiger partial charge < -0.3 is 14.7 Å².